The molecule has 2 aliphatic rings. The van der Waals surface area contributed by atoms with E-state index < -0.39 is 6.10 Å². The molecule has 0 aromatic heterocycles. The number of nitrogens with one attached hydrogen (secondary N) is 1. The lowest BCUT2D eigenvalue weighted by molar-refractivity contribution is -0.133. The second kappa shape index (κ2) is 8.30. The van der Waals surface area contributed by atoms with Crippen molar-refractivity contribution in [2.75, 3.05) is 33.4 Å². The fraction of sp³-hybridized carbons (Fsp3) is 0.650. The summed E-state index contributed by atoms with van der Waals surface area (Å²) >= 11 is 0. The number of amides is 1. The van der Waals surface area contributed by atoms with Crippen molar-refractivity contribution in [3.05, 3.63) is 35.9 Å². The first-order valence-electron chi connectivity index (χ1n) is 9.38. The van der Waals surface area contributed by atoms with Crippen LogP contribution in [0.25, 0.3) is 0 Å². The largest absolute Gasteiger partial charge is 0.379 e. The number of benzene rings is 1. The molecule has 2 atom stereocenters. The van der Waals surface area contributed by atoms with Crippen molar-refractivity contribution in [3.8, 4) is 0 Å². The Hall–Kier alpha value is -1.43. The van der Waals surface area contributed by atoms with Crippen LogP contribution in [0, 0.1) is 0 Å². The van der Waals surface area contributed by atoms with Crippen LogP contribution in [0.5, 0.6) is 0 Å². The van der Waals surface area contributed by atoms with Crippen LogP contribution in [0.3, 0.4) is 0 Å². The van der Waals surface area contributed by atoms with Crippen molar-refractivity contribution in [2.24, 2.45) is 0 Å². The van der Waals surface area contributed by atoms with E-state index in [9.17, 15) is 4.79 Å². The minimum Gasteiger partial charge on any atom is -0.379 e. The Morgan fingerprint density at radius 2 is 1.84 bits per heavy atom. The molecule has 1 amide bonds. The zero-order chi connectivity index (χ0) is 17.7. The number of hydrogen-bond donors (Lipinski definition) is 1. The minimum atomic E-state index is -0.563. The van der Waals surface area contributed by atoms with E-state index in [0.717, 1.165) is 44.7 Å². The minimum absolute atomic E-state index is 0.0500. The first kappa shape index (κ1) is 18.4. The number of rotatable bonds is 6. The Labute approximate surface area is 150 Å². The second-order valence-electron chi connectivity index (χ2n) is 7.17. The van der Waals surface area contributed by atoms with Crippen molar-refractivity contribution < 1.29 is 14.3 Å². The van der Waals surface area contributed by atoms with Gasteiger partial charge in [-0.25, -0.2) is 0 Å². The Bertz CT molecular complexity index is 551. The van der Waals surface area contributed by atoms with E-state index in [0.29, 0.717) is 0 Å². The van der Waals surface area contributed by atoms with Gasteiger partial charge in [-0.1, -0.05) is 43.2 Å². The quantitative estimate of drug-likeness (QED) is 0.860. The number of carbonyl (C=O) groups is 1. The Morgan fingerprint density at radius 1 is 1.20 bits per heavy atom. The maximum absolute atomic E-state index is 12.9. The lowest BCUT2D eigenvalue weighted by atomic mass is 9.86. The number of methoxy groups -OCH3 is 1. The fourth-order valence-electron chi connectivity index (χ4n) is 4.46. The molecule has 5 heteroatoms. The van der Waals surface area contributed by atoms with Crippen LogP contribution >= 0.6 is 0 Å². The maximum Gasteiger partial charge on any atom is 0.254 e. The highest BCUT2D eigenvalue weighted by Crippen LogP contribution is 2.38. The predicted molar refractivity (Wildman–Crippen MR) is 97.4 cm³/mol. The number of nitrogens with zero attached hydrogens (tertiary/aromatic N) is 1. The third-order valence-electron chi connectivity index (χ3n) is 5.85. The molecule has 2 fully saturated rings. The van der Waals surface area contributed by atoms with Gasteiger partial charge in [-0.3, -0.25) is 9.69 Å². The second-order valence-corrected chi connectivity index (χ2v) is 7.17. The van der Waals surface area contributed by atoms with Gasteiger partial charge in [0.2, 0.25) is 0 Å². The van der Waals surface area contributed by atoms with E-state index >= 15 is 0 Å². The lowest BCUT2D eigenvalue weighted by Crippen LogP contribution is -2.62. The van der Waals surface area contributed by atoms with Crippen molar-refractivity contribution in [3.63, 3.8) is 0 Å². The molecule has 1 N–H and O–H groups in total. The van der Waals surface area contributed by atoms with E-state index in [4.69, 9.17) is 9.47 Å². The third-order valence-corrected chi connectivity index (χ3v) is 5.85. The highest BCUT2D eigenvalue weighted by molar-refractivity contribution is 5.82. The SMILES string of the molecule is COC(C(=O)NC(C)C1(N2CCOCC2)CCCC1)c1ccccc1. The summed E-state index contributed by atoms with van der Waals surface area (Å²) < 4.78 is 11.0. The van der Waals surface area contributed by atoms with E-state index in [2.05, 4.69) is 17.1 Å². The molecule has 3 rings (SSSR count). The van der Waals surface area contributed by atoms with E-state index in [1.807, 2.05) is 30.3 Å². The summed E-state index contributed by atoms with van der Waals surface area (Å²) in [6.07, 6.45) is 4.16. The normalized spacial score (nSPS) is 23.1. The molecule has 1 aliphatic carbocycles. The van der Waals surface area contributed by atoms with Crippen molar-refractivity contribution in [1.29, 1.82) is 0 Å². The number of morpholine rings is 1. The molecular weight excluding hydrogens is 316 g/mol. The molecule has 5 nitrogen and oxygen atoms in total. The van der Waals surface area contributed by atoms with E-state index in [1.165, 1.54) is 12.8 Å². The van der Waals surface area contributed by atoms with Gasteiger partial charge in [0.05, 0.1) is 13.2 Å². The number of hydrogen-bond acceptors (Lipinski definition) is 4. The zero-order valence-electron chi connectivity index (χ0n) is 15.4. The van der Waals surface area contributed by atoms with Crippen molar-refractivity contribution >= 4 is 5.91 Å². The highest BCUT2D eigenvalue weighted by atomic mass is 16.5. The van der Waals surface area contributed by atoms with E-state index in [-0.39, 0.29) is 17.5 Å². The molecule has 138 valence electrons. The zero-order valence-corrected chi connectivity index (χ0v) is 15.4. The first-order valence-corrected chi connectivity index (χ1v) is 9.38. The fourth-order valence-corrected chi connectivity index (χ4v) is 4.46. The molecule has 25 heavy (non-hydrogen) atoms. The van der Waals surface area contributed by atoms with Gasteiger partial charge >= 0.3 is 0 Å². The Balaban J connectivity index is 1.72. The monoisotopic (exact) mass is 346 g/mol. The molecule has 1 saturated carbocycles. The maximum atomic E-state index is 12.9. The molecule has 1 aromatic rings. The van der Waals surface area contributed by atoms with Gasteiger partial charge in [0.15, 0.2) is 6.10 Å². The predicted octanol–water partition coefficient (Wildman–Crippen LogP) is 2.52. The summed E-state index contributed by atoms with van der Waals surface area (Å²) in [5.74, 6) is -0.0549. The van der Waals surface area contributed by atoms with Crippen LogP contribution in [-0.4, -0.2) is 55.8 Å². The highest BCUT2D eigenvalue weighted by Gasteiger charge is 2.45. The van der Waals surface area contributed by atoms with Crippen molar-refractivity contribution in [1.82, 2.24) is 10.2 Å². The van der Waals surface area contributed by atoms with Crippen LogP contribution < -0.4 is 5.32 Å². The van der Waals surface area contributed by atoms with Gasteiger partial charge in [-0.15, -0.1) is 0 Å². The Kier molecular flexibility index (Phi) is 6.10. The van der Waals surface area contributed by atoms with Crippen molar-refractivity contribution in [2.45, 2.75) is 50.3 Å². The summed E-state index contributed by atoms with van der Waals surface area (Å²) in [5.41, 5.74) is 0.940. The lowest BCUT2D eigenvalue weighted by Gasteiger charge is -2.47. The number of carbonyl (C=O) groups excluding carboxylic acids is 1. The summed E-state index contributed by atoms with van der Waals surface area (Å²) in [7, 11) is 1.59. The average molecular weight is 346 g/mol. The topological polar surface area (TPSA) is 50.8 Å². The summed E-state index contributed by atoms with van der Waals surface area (Å²) in [4.78, 5) is 15.4. The van der Waals surface area contributed by atoms with Gasteiger partial charge in [0, 0.05) is 31.8 Å². The molecule has 1 saturated heterocycles. The molecule has 0 spiro atoms. The molecule has 1 aliphatic heterocycles. The van der Waals surface area contributed by atoms with Gasteiger partial charge in [0.1, 0.15) is 0 Å². The van der Waals surface area contributed by atoms with Gasteiger partial charge in [-0.2, -0.15) is 0 Å². The summed E-state index contributed by atoms with van der Waals surface area (Å²) in [6, 6.07) is 9.77. The molecule has 1 aromatic carbocycles. The first-order chi connectivity index (χ1) is 12.2. The molecular formula is C20H30N2O3. The third kappa shape index (κ3) is 3.89. The summed E-state index contributed by atoms with van der Waals surface area (Å²) in [6.45, 7) is 5.62. The van der Waals surface area contributed by atoms with Gasteiger partial charge in [-0.05, 0) is 25.3 Å². The number of ether oxygens (including phenoxy) is 2. The molecule has 1 heterocycles. The van der Waals surface area contributed by atoms with Crippen LogP contribution in [-0.2, 0) is 14.3 Å². The van der Waals surface area contributed by atoms with Crippen LogP contribution in [0.2, 0.25) is 0 Å². The molecule has 2 unspecified atom stereocenters. The van der Waals surface area contributed by atoms with Crippen LogP contribution in [0.15, 0.2) is 30.3 Å². The van der Waals surface area contributed by atoms with E-state index in [1.54, 1.807) is 7.11 Å². The summed E-state index contributed by atoms with van der Waals surface area (Å²) in [5, 5.41) is 3.26. The Morgan fingerprint density at radius 3 is 2.44 bits per heavy atom. The average Bonchev–Trinajstić information content (AvgIpc) is 3.15. The van der Waals surface area contributed by atoms with Gasteiger partial charge in [0.25, 0.3) is 5.91 Å². The molecule has 0 radical (unpaired) electrons. The van der Waals surface area contributed by atoms with Crippen LogP contribution in [0.4, 0.5) is 0 Å². The van der Waals surface area contributed by atoms with Crippen LogP contribution in [0.1, 0.15) is 44.3 Å². The standard InChI is InChI=1S/C20H30N2O3/c1-16(20(10-6-7-11-20)22-12-14-25-15-13-22)21-19(23)18(24-2)17-8-4-3-5-9-17/h3-5,8-9,16,18H,6-7,10-15H2,1-2H3,(H,21,23). The molecule has 0 bridgehead atoms. The van der Waals surface area contributed by atoms with Gasteiger partial charge < -0.3 is 14.8 Å². The smallest absolute Gasteiger partial charge is 0.254 e.